The Bertz CT molecular complexity index is 1130. The number of halogens is 1. The highest BCUT2D eigenvalue weighted by Crippen LogP contribution is 2.22. The number of benzene rings is 2. The molecule has 0 spiro atoms. The summed E-state index contributed by atoms with van der Waals surface area (Å²) in [6.45, 7) is 0.814. The fourth-order valence-corrected chi connectivity index (χ4v) is 5.04. The van der Waals surface area contributed by atoms with Crippen molar-refractivity contribution in [3.05, 3.63) is 99.8 Å². The maximum absolute atomic E-state index is 13.0. The van der Waals surface area contributed by atoms with Gasteiger partial charge in [0.15, 0.2) is 10.9 Å². The van der Waals surface area contributed by atoms with E-state index < -0.39 is 0 Å². The molecule has 32 heavy (non-hydrogen) atoms. The number of carbonyl (C=O) groups is 1. The Labute approximate surface area is 195 Å². The minimum absolute atomic E-state index is 0.0366. The van der Waals surface area contributed by atoms with Crippen molar-refractivity contribution in [1.82, 2.24) is 14.8 Å². The predicted octanol–water partition coefficient (Wildman–Crippen LogP) is 6.07. The van der Waals surface area contributed by atoms with E-state index in [9.17, 15) is 9.18 Å². The molecule has 0 aliphatic heterocycles. The van der Waals surface area contributed by atoms with E-state index in [-0.39, 0.29) is 11.6 Å². The minimum Gasteiger partial charge on any atom is -0.305 e. The van der Waals surface area contributed by atoms with E-state index in [4.69, 9.17) is 0 Å². The first-order chi connectivity index (χ1) is 15.7. The molecule has 0 bridgehead atoms. The van der Waals surface area contributed by atoms with Crippen LogP contribution in [-0.4, -0.2) is 26.3 Å². The van der Waals surface area contributed by atoms with Gasteiger partial charge in [-0.2, -0.15) is 0 Å². The highest BCUT2D eigenvalue weighted by atomic mass is 32.2. The van der Waals surface area contributed by atoms with Crippen LogP contribution in [0.15, 0.2) is 77.3 Å². The van der Waals surface area contributed by atoms with Gasteiger partial charge in [0.05, 0.1) is 0 Å². The lowest BCUT2D eigenvalue weighted by atomic mass is 10.1. The van der Waals surface area contributed by atoms with Crippen molar-refractivity contribution in [1.29, 1.82) is 0 Å². The van der Waals surface area contributed by atoms with Gasteiger partial charge in [0.2, 0.25) is 0 Å². The van der Waals surface area contributed by atoms with Crippen LogP contribution >= 0.6 is 23.1 Å². The Morgan fingerprint density at radius 1 is 1.00 bits per heavy atom. The lowest BCUT2D eigenvalue weighted by Crippen LogP contribution is -2.08. The Kier molecular flexibility index (Phi) is 7.85. The number of carbonyl (C=O) groups excluding carboxylic acids is 1. The molecule has 0 atom stereocenters. The lowest BCUT2D eigenvalue weighted by Gasteiger charge is -2.10. The van der Waals surface area contributed by atoms with Crippen LogP contribution in [0.1, 0.15) is 39.5 Å². The van der Waals surface area contributed by atoms with Crippen molar-refractivity contribution in [2.45, 2.75) is 37.4 Å². The lowest BCUT2D eigenvalue weighted by molar-refractivity contribution is 0.0982. The van der Waals surface area contributed by atoms with Gasteiger partial charge in [-0.1, -0.05) is 48.2 Å². The van der Waals surface area contributed by atoms with Crippen molar-refractivity contribution < 1.29 is 9.18 Å². The van der Waals surface area contributed by atoms with E-state index in [1.165, 1.54) is 22.6 Å². The van der Waals surface area contributed by atoms with Gasteiger partial charge in [0, 0.05) is 35.6 Å². The Morgan fingerprint density at radius 3 is 2.56 bits per heavy atom. The molecular formula is C25H24FN3OS2. The number of hydrogen-bond acceptors (Lipinski definition) is 5. The average Bonchev–Trinajstić information content (AvgIpc) is 3.46. The van der Waals surface area contributed by atoms with Crippen LogP contribution in [0.25, 0.3) is 0 Å². The third-order valence-electron chi connectivity index (χ3n) is 5.12. The maximum Gasteiger partial charge on any atom is 0.191 e. The zero-order valence-electron chi connectivity index (χ0n) is 17.6. The van der Waals surface area contributed by atoms with Crippen molar-refractivity contribution in [2.24, 2.45) is 0 Å². The van der Waals surface area contributed by atoms with Crippen molar-refractivity contribution in [3.63, 3.8) is 0 Å². The zero-order chi connectivity index (χ0) is 22.2. The molecule has 0 radical (unpaired) electrons. The monoisotopic (exact) mass is 465 g/mol. The first-order valence-corrected chi connectivity index (χ1v) is 12.5. The Morgan fingerprint density at radius 2 is 1.81 bits per heavy atom. The number of aryl methyl sites for hydroxylation is 1. The van der Waals surface area contributed by atoms with Gasteiger partial charge in [0.25, 0.3) is 0 Å². The van der Waals surface area contributed by atoms with Crippen molar-refractivity contribution >= 4 is 28.9 Å². The third kappa shape index (κ3) is 6.14. The van der Waals surface area contributed by atoms with Gasteiger partial charge in [-0.25, -0.2) is 4.39 Å². The van der Waals surface area contributed by atoms with E-state index in [1.807, 2.05) is 6.07 Å². The van der Waals surface area contributed by atoms with Gasteiger partial charge in [-0.3, -0.25) is 4.79 Å². The summed E-state index contributed by atoms with van der Waals surface area (Å²) in [5, 5.41) is 11.9. The number of Topliss-reactive ketones (excluding diaryl/α,β-unsaturated/α-hetero) is 1. The quantitative estimate of drug-likeness (QED) is 0.153. The van der Waals surface area contributed by atoms with Gasteiger partial charge in [0.1, 0.15) is 11.6 Å². The normalized spacial score (nSPS) is 11.0. The molecule has 0 aliphatic rings. The minimum atomic E-state index is -0.328. The second-order valence-electron chi connectivity index (χ2n) is 7.42. The average molecular weight is 466 g/mol. The van der Waals surface area contributed by atoms with Gasteiger partial charge in [-0.15, -0.1) is 21.5 Å². The number of thioether (sulfide) groups is 1. The molecule has 164 valence electrons. The van der Waals surface area contributed by atoms with Crippen LogP contribution in [0.4, 0.5) is 4.39 Å². The summed E-state index contributed by atoms with van der Waals surface area (Å²) in [7, 11) is 0. The predicted molar refractivity (Wildman–Crippen MR) is 128 cm³/mol. The molecule has 4 rings (SSSR count). The van der Waals surface area contributed by atoms with Crippen LogP contribution in [0.5, 0.6) is 0 Å². The fourth-order valence-electron chi connectivity index (χ4n) is 3.41. The first-order valence-electron chi connectivity index (χ1n) is 10.6. The number of thiophene rings is 1. The van der Waals surface area contributed by atoms with Crippen LogP contribution in [0.3, 0.4) is 0 Å². The molecule has 0 N–H and O–H groups in total. The van der Waals surface area contributed by atoms with E-state index in [2.05, 4.69) is 56.5 Å². The summed E-state index contributed by atoms with van der Waals surface area (Å²) < 4.78 is 15.3. The summed E-state index contributed by atoms with van der Waals surface area (Å²) in [5.74, 6) is 1.45. The summed E-state index contributed by atoms with van der Waals surface area (Å²) in [6.07, 6.45) is 2.83. The molecule has 7 heteroatoms. The highest BCUT2D eigenvalue weighted by Gasteiger charge is 2.14. The summed E-state index contributed by atoms with van der Waals surface area (Å²) >= 11 is 3.36. The molecule has 0 aliphatic carbocycles. The van der Waals surface area contributed by atoms with Crippen LogP contribution in [0.2, 0.25) is 0 Å². The molecule has 4 aromatic rings. The molecule has 0 saturated carbocycles. The zero-order valence-corrected chi connectivity index (χ0v) is 19.2. The second kappa shape index (κ2) is 11.2. The van der Waals surface area contributed by atoms with E-state index >= 15 is 0 Å². The number of nitrogens with zero attached hydrogens (tertiary/aromatic N) is 3. The third-order valence-corrected chi connectivity index (χ3v) is 7.05. The molecule has 2 aromatic heterocycles. The van der Waals surface area contributed by atoms with Crippen LogP contribution < -0.4 is 0 Å². The molecule has 2 aromatic carbocycles. The van der Waals surface area contributed by atoms with Gasteiger partial charge < -0.3 is 4.57 Å². The molecule has 2 heterocycles. The number of ketones is 1. The molecule has 0 fully saturated rings. The molecule has 0 saturated heterocycles. The number of hydrogen-bond donors (Lipinski definition) is 0. The SMILES string of the molecule is O=C(CCCSc1nnc(Cc2cccs2)n1CCc1ccccc1)c1ccc(F)cc1. The molecular weight excluding hydrogens is 441 g/mol. The van der Waals surface area contributed by atoms with Gasteiger partial charge in [-0.05, 0) is 54.1 Å². The number of aromatic nitrogens is 3. The molecule has 0 amide bonds. The summed E-state index contributed by atoms with van der Waals surface area (Å²) in [6, 6.07) is 20.3. The van der Waals surface area contributed by atoms with E-state index in [1.54, 1.807) is 35.2 Å². The Balaban J connectivity index is 1.37. The summed E-state index contributed by atoms with van der Waals surface area (Å²) in [4.78, 5) is 13.6. The summed E-state index contributed by atoms with van der Waals surface area (Å²) in [5.41, 5.74) is 1.84. The smallest absolute Gasteiger partial charge is 0.191 e. The van der Waals surface area contributed by atoms with Crippen LogP contribution in [-0.2, 0) is 19.4 Å². The second-order valence-corrected chi connectivity index (χ2v) is 9.52. The topological polar surface area (TPSA) is 47.8 Å². The fraction of sp³-hybridized carbons (Fsp3) is 0.240. The van der Waals surface area contributed by atoms with Gasteiger partial charge >= 0.3 is 0 Å². The Hall–Kier alpha value is -2.77. The van der Waals surface area contributed by atoms with Crippen molar-refractivity contribution in [2.75, 3.05) is 5.75 Å². The van der Waals surface area contributed by atoms with Crippen LogP contribution in [0, 0.1) is 5.82 Å². The molecule has 4 nitrogen and oxygen atoms in total. The maximum atomic E-state index is 13.0. The van der Waals surface area contributed by atoms with E-state index in [0.29, 0.717) is 12.0 Å². The van der Waals surface area contributed by atoms with E-state index in [0.717, 1.165) is 42.5 Å². The highest BCUT2D eigenvalue weighted by molar-refractivity contribution is 7.99. The largest absolute Gasteiger partial charge is 0.305 e. The first kappa shape index (κ1) is 22.4. The molecule has 0 unspecified atom stereocenters. The standard InChI is InChI=1S/C25H24FN3OS2/c26-21-12-10-20(11-13-21)23(30)9-5-17-32-25-28-27-24(18-22-8-4-16-31-22)29(25)15-14-19-6-2-1-3-7-19/h1-4,6-8,10-13,16H,5,9,14-15,17-18H2. The number of rotatable bonds is 11. The van der Waals surface area contributed by atoms with Crippen molar-refractivity contribution in [3.8, 4) is 0 Å².